The van der Waals surface area contributed by atoms with Gasteiger partial charge in [-0.1, -0.05) is 58.7 Å². The molecular formula is C20H15Cl2N3O2S. The number of primary amides is 1. The molecule has 3 rings (SSSR count). The monoisotopic (exact) mass is 431 g/mol. The van der Waals surface area contributed by atoms with E-state index in [2.05, 4.69) is 0 Å². The van der Waals surface area contributed by atoms with Crippen LogP contribution in [0.15, 0.2) is 53.1 Å². The zero-order valence-electron chi connectivity index (χ0n) is 14.8. The number of anilines is 1. The SMILES string of the molecule is Cc1ccc(N2C(=O)[C@H](Cc3ccc(Cl)cc3Cl)S/C2=C(/C#N)C(N)=O)cc1. The highest BCUT2D eigenvalue weighted by atomic mass is 35.5. The molecule has 1 fully saturated rings. The fourth-order valence-corrected chi connectivity index (χ4v) is 4.60. The van der Waals surface area contributed by atoms with Gasteiger partial charge in [0.1, 0.15) is 16.7 Å². The maximum absolute atomic E-state index is 13.2. The van der Waals surface area contributed by atoms with Gasteiger partial charge in [0, 0.05) is 15.7 Å². The molecule has 5 nitrogen and oxygen atoms in total. The molecule has 0 aliphatic carbocycles. The second-order valence-electron chi connectivity index (χ2n) is 6.21. The maximum atomic E-state index is 13.2. The Morgan fingerprint density at radius 1 is 1.25 bits per heavy atom. The van der Waals surface area contributed by atoms with Crippen molar-refractivity contribution in [1.82, 2.24) is 0 Å². The Bertz CT molecular complexity index is 1030. The number of thioether (sulfide) groups is 1. The smallest absolute Gasteiger partial charge is 0.262 e. The van der Waals surface area contributed by atoms with Gasteiger partial charge in [-0.3, -0.25) is 14.5 Å². The summed E-state index contributed by atoms with van der Waals surface area (Å²) in [5.74, 6) is -1.12. The van der Waals surface area contributed by atoms with E-state index >= 15 is 0 Å². The highest BCUT2D eigenvalue weighted by Gasteiger charge is 2.40. The van der Waals surface area contributed by atoms with Crippen molar-refractivity contribution >= 4 is 52.5 Å². The van der Waals surface area contributed by atoms with E-state index in [0.29, 0.717) is 22.2 Å². The van der Waals surface area contributed by atoms with Gasteiger partial charge < -0.3 is 5.73 Å². The average molecular weight is 432 g/mol. The molecule has 0 unspecified atom stereocenters. The van der Waals surface area contributed by atoms with Crippen molar-refractivity contribution in [2.75, 3.05) is 4.90 Å². The summed E-state index contributed by atoms with van der Waals surface area (Å²) in [5, 5.41) is 10.0. The predicted molar refractivity (Wildman–Crippen MR) is 112 cm³/mol. The van der Waals surface area contributed by atoms with Crippen LogP contribution in [0.25, 0.3) is 0 Å². The Balaban J connectivity index is 2.04. The Morgan fingerprint density at radius 3 is 2.50 bits per heavy atom. The summed E-state index contributed by atoms with van der Waals surface area (Å²) in [6.07, 6.45) is 0.322. The standard InChI is InChI=1S/C20H15Cl2N3O2S/c1-11-2-6-14(7-3-11)25-19(27)17(28-20(25)15(10-23)18(24)26)8-12-4-5-13(21)9-16(12)22/h2-7,9,17H,8H2,1H3,(H2,24,26)/b20-15-/t17-/m0/s1. The molecule has 0 aromatic heterocycles. The topological polar surface area (TPSA) is 87.2 Å². The summed E-state index contributed by atoms with van der Waals surface area (Å²) in [7, 11) is 0. The maximum Gasteiger partial charge on any atom is 0.262 e. The van der Waals surface area contributed by atoms with Crippen LogP contribution < -0.4 is 10.6 Å². The molecular weight excluding hydrogens is 417 g/mol. The van der Waals surface area contributed by atoms with Crippen molar-refractivity contribution in [3.05, 3.63) is 74.2 Å². The number of nitrogens with two attached hydrogens (primary N) is 1. The van der Waals surface area contributed by atoms with Crippen LogP contribution in [0, 0.1) is 18.3 Å². The third-order valence-corrected chi connectivity index (χ3v) is 6.09. The van der Waals surface area contributed by atoms with Gasteiger partial charge in [0.2, 0.25) is 5.91 Å². The van der Waals surface area contributed by atoms with Gasteiger partial charge in [-0.15, -0.1) is 0 Å². The third-order valence-electron chi connectivity index (χ3n) is 4.24. The molecule has 8 heteroatoms. The van der Waals surface area contributed by atoms with Crippen LogP contribution in [0.4, 0.5) is 5.69 Å². The van der Waals surface area contributed by atoms with Gasteiger partial charge in [-0.05, 0) is 43.2 Å². The fourth-order valence-electron chi connectivity index (χ4n) is 2.82. The lowest BCUT2D eigenvalue weighted by Crippen LogP contribution is -2.31. The van der Waals surface area contributed by atoms with Crippen molar-refractivity contribution in [3.63, 3.8) is 0 Å². The minimum Gasteiger partial charge on any atom is -0.365 e. The number of rotatable bonds is 4. The zero-order valence-corrected chi connectivity index (χ0v) is 17.1. The number of amides is 2. The van der Waals surface area contributed by atoms with Crippen molar-refractivity contribution in [2.24, 2.45) is 5.73 Å². The molecule has 0 saturated carbocycles. The number of hydrogen-bond donors (Lipinski definition) is 1. The molecule has 0 bridgehead atoms. The summed E-state index contributed by atoms with van der Waals surface area (Å²) in [5.41, 5.74) is 7.46. The van der Waals surface area contributed by atoms with E-state index < -0.39 is 11.2 Å². The van der Waals surface area contributed by atoms with Crippen molar-refractivity contribution in [3.8, 4) is 6.07 Å². The second kappa shape index (κ2) is 8.27. The molecule has 1 aliphatic heterocycles. The van der Waals surface area contributed by atoms with Gasteiger partial charge in [-0.2, -0.15) is 5.26 Å². The molecule has 1 atom stereocenters. The van der Waals surface area contributed by atoms with E-state index in [0.717, 1.165) is 22.9 Å². The van der Waals surface area contributed by atoms with Crippen molar-refractivity contribution in [1.29, 1.82) is 5.26 Å². The van der Waals surface area contributed by atoms with Crippen LogP contribution in [0.2, 0.25) is 10.0 Å². The predicted octanol–water partition coefficient (Wildman–Crippen LogP) is 4.21. The zero-order chi connectivity index (χ0) is 20.4. The van der Waals surface area contributed by atoms with Crippen LogP contribution in [-0.2, 0) is 16.0 Å². The highest BCUT2D eigenvalue weighted by Crippen LogP contribution is 2.42. The van der Waals surface area contributed by atoms with E-state index in [4.69, 9.17) is 28.9 Å². The van der Waals surface area contributed by atoms with Crippen LogP contribution in [0.5, 0.6) is 0 Å². The van der Waals surface area contributed by atoms with Crippen LogP contribution >= 0.6 is 35.0 Å². The van der Waals surface area contributed by atoms with Gasteiger partial charge in [0.05, 0.1) is 5.25 Å². The Morgan fingerprint density at radius 2 is 1.93 bits per heavy atom. The van der Waals surface area contributed by atoms with Crippen molar-refractivity contribution < 1.29 is 9.59 Å². The van der Waals surface area contributed by atoms with Gasteiger partial charge in [0.15, 0.2) is 0 Å². The number of nitriles is 1. The number of aryl methyl sites for hydroxylation is 1. The second-order valence-corrected chi connectivity index (χ2v) is 8.25. The van der Waals surface area contributed by atoms with E-state index in [1.165, 1.54) is 4.90 Å². The van der Waals surface area contributed by atoms with Crippen LogP contribution in [0.3, 0.4) is 0 Å². The fraction of sp³-hybridized carbons (Fsp3) is 0.150. The summed E-state index contributed by atoms with van der Waals surface area (Å²) >= 11 is 13.3. The molecule has 2 amide bonds. The largest absolute Gasteiger partial charge is 0.365 e. The lowest BCUT2D eigenvalue weighted by Gasteiger charge is -2.18. The lowest BCUT2D eigenvalue weighted by molar-refractivity contribution is -0.117. The summed E-state index contributed by atoms with van der Waals surface area (Å²) in [6.45, 7) is 1.93. The molecule has 28 heavy (non-hydrogen) atoms. The molecule has 2 aromatic carbocycles. The first-order chi connectivity index (χ1) is 13.3. The van der Waals surface area contributed by atoms with E-state index in [1.807, 2.05) is 25.1 Å². The number of halogens is 2. The van der Waals surface area contributed by atoms with E-state index in [-0.39, 0.29) is 16.5 Å². The normalized spacial score (nSPS) is 18.1. The summed E-state index contributed by atoms with van der Waals surface area (Å²) < 4.78 is 0. The highest BCUT2D eigenvalue weighted by molar-refractivity contribution is 8.05. The molecule has 2 aromatic rings. The Labute approximate surface area is 176 Å². The van der Waals surface area contributed by atoms with Gasteiger partial charge >= 0.3 is 0 Å². The first-order valence-corrected chi connectivity index (χ1v) is 9.90. The number of hydrogen-bond acceptors (Lipinski definition) is 4. The summed E-state index contributed by atoms with van der Waals surface area (Å²) in [6, 6.07) is 14.1. The molecule has 1 saturated heterocycles. The van der Waals surface area contributed by atoms with Crippen LogP contribution in [0.1, 0.15) is 11.1 Å². The quantitative estimate of drug-likeness (QED) is 0.579. The number of carbonyl (C=O) groups is 2. The molecule has 2 N–H and O–H groups in total. The molecule has 0 spiro atoms. The number of carbonyl (C=O) groups excluding carboxylic acids is 2. The van der Waals surface area contributed by atoms with E-state index in [9.17, 15) is 14.9 Å². The minimum absolute atomic E-state index is 0.235. The van der Waals surface area contributed by atoms with Gasteiger partial charge in [-0.25, -0.2) is 0 Å². The Hall–Kier alpha value is -2.46. The average Bonchev–Trinajstić information content (AvgIpc) is 2.95. The minimum atomic E-state index is -0.875. The summed E-state index contributed by atoms with van der Waals surface area (Å²) in [4.78, 5) is 26.3. The Kier molecular flexibility index (Phi) is 5.99. The molecule has 142 valence electrons. The first-order valence-electron chi connectivity index (χ1n) is 8.27. The first kappa shape index (κ1) is 20.3. The molecule has 1 aliphatic rings. The molecule has 1 heterocycles. The molecule has 0 radical (unpaired) electrons. The van der Waals surface area contributed by atoms with Gasteiger partial charge in [0.25, 0.3) is 5.91 Å². The van der Waals surface area contributed by atoms with E-state index in [1.54, 1.807) is 30.3 Å². The number of benzene rings is 2. The third kappa shape index (κ3) is 4.02. The van der Waals surface area contributed by atoms with Crippen molar-refractivity contribution in [2.45, 2.75) is 18.6 Å². The lowest BCUT2D eigenvalue weighted by atomic mass is 10.1. The van der Waals surface area contributed by atoms with Crippen LogP contribution in [-0.4, -0.2) is 17.1 Å². The number of nitrogens with zero attached hydrogens (tertiary/aromatic N) is 2.